The minimum atomic E-state index is -4.45. The van der Waals surface area contributed by atoms with Crippen LogP contribution in [-0.2, 0) is 11.0 Å². The van der Waals surface area contributed by atoms with E-state index in [4.69, 9.17) is 11.6 Å². The molecule has 0 atom stereocenters. The predicted molar refractivity (Wildman–Crippen MR) is 98.0 cm³/mol. The number of benzene rings is 2. The molecule has 0 aliphatic rings. The first-order valence-corrected chi connectivity index (χ1v) is 8.47. The number of amides is 2. The number of hydrogen-bond acceptors (Lipinski definition) is 2. The van der Waals surface area contributed by atoms with Crippen molar-refractivity contribution >= 4 is 29.1 Å². The highest BCUT2D eigenvalue weighted by Gasteiger charge is 2.30. The average Bonchev–Trinajstić information content (AvgIpc) is 2.60. The number of carbonyl (C=O) groups excluding carboxylic acids is 2. The van der Waals surface area contributed by atoms with Crippen molar-refractivity contribution in [3.8, 4) is 0 Å². The molecule has 2 aromatic carbocycles. The Bertz CT molecular complexity index is 836. The molecule has 0 unspecified atom stereocenters. The molecular weight excluding hydrogens is 381 g/mol. The summed E-state index contributed by atoms with van der Waals surface area (Å²) >= 11 is 6.08. The SMILES string of the molecule is CC(=O)N(CCNC(=O)c1ccc(C(F)(F)F)cc1)c1cccc(Cl)c1C. The second kappa shape index (κ2) is 8.43. The lowest BCUT2D eigenvalue weighted by Crippen LogP contribution is -2.38. The van der Waals surface area contributed by atoms with E-state index in [1.807, 2.05) is 0 Å². The van der Waals surface area contributed by atoms with Crippen molar-refractivity contribution in [2.24, 2.45) is 0 Å². The third kappa shape index (κ3) is 5.23. The average molecular weight is 399 g/mol. The van der Waals surface area contributed by atoms with Crippen LogP contribution in [0.15, 0.2) is 42.5 Å². The molecule has 27 heavy (non-hydrogen) atoms. The molecule has 2 aromatic rings. The fraction of sp³-hybridized carbons (Fsp3) is 0.263. The Morgan fingerprint density at radius 1 is 1.11 bits per heavy atom. The standard InChI is InChI=1S/C19H18ClF3N2O2/c1-12-16(20)4-3-5-17(12)25(13(2)26)11-10-24-18(27)14-6-8-15(9-7-14)19(21,22)23/h3-9H,10-11H2,1-2H3,(H,24,27). The van der Waals surface area contributed by atoms with Gasteiger partial charge in [-0.2, -0.15) is 13.2 Å². The number of alkyl halides is 3. The zero-order chi connectivity index (χ0) is 20.2. The van der Waals surface area contributed by atoms with Gasteiger partial charge in [-0.15, -0.1) is 0 Å². The van der Waals surface area contributed by atoms with E-state index in [0.29, 0.717) is 10.7 Å². The molecule has 2 rings (SSSR count). The van der Waals surface area contributed by atoms with Gasteiger partial charge in [-0.3, -0.25) is 9.59 Å². The number of carbonyl (C=O) groups is 2. The van der Waals surface area contributed by atoms with Crippen molar-refractivity contribution < 1.29 is 22.8 Å². The number of nitrogens with one attached hydrogen (secondary N) is 1. The van der Waals surface area contributed by atoms with Gasteiger partial charge >= 0.3 is 6.18 Å². The van der Waals surface area contributed by atoms with Crippen LogP contribution in [0.2, 0.25) is 5.02 Å². The van der Waals surface area contributed by atoms with Crippen LogP contribution in [0.25, 0.3) is 0 Å². The fourth-order valence-corrected chi connectivity index (χ4v) is 2.70. The lowest BCUT2D eigenvalue weighted by atomic mass is 10.1. The number of halogens is 4. The third-order valence-corrected chi connectivity index (χ3v) is 4.41. The first-order chi connectivity index (χ1) is 12.6. The van der Waals surface area contributed by atoms with Gasteiger partial charge in [0.1, 0.15) is 0 Å². The topological polar surface area (TPSA) is 49.4 Å². The first-order valence-electron chi connectivity index (χ1n) is 8.10. The van der Waals surface area contributed by atoms with Crippen LogP contribution in [0.3, 0.4) is 0 Å². The van der Waals surface area contributed by atoms with Gasteiger partial charge in [0, 0.05) is 36.3 Å². The Morgan fingerprint density at radius 3 is 2.30 bits per heavy atom. The zero-order valence-corrected chi connectivity index (χ0v) is 15.5. The zero-order valence-electron chi connectivity index (χ0n) is 14.7. The molecule has 0 heterocycles. The Hall–Kier alpha value is -2.54. The summed E-state index contributed by atoms with van der Waals surface area (Å²) in [6, 6.07) is 9.12. The van der Waals surface area contributed by atoms with Gasteiger partial charge in [0.25, 0.3) is 5.91 Å². The van der Waals surface area contributed by atoms with E-state index in [1.165, 1.54) is 11.8 Å². The number of hydrogen-bond donors (Lipinski definition) is 1. The summed E-state index contributed by atoms with van der Waals surface area (Å²) in [4.78, 5) is 25.5. The van der Waals surface area contributed by atoms with E-state index in [1.54, 1.807) is 25.1 Å². The van der Waals surface area contributed by atoms with Crippen LogP contribution in [0, 0.1) is 6.92 Å². The lowest BCUT2D eigenvalue weighted by molar-refractivity contribution is -0.137. The van der Waals surface area contributed by atoms with E-state index in [9.17, 15) is 22.8 Å². The fourth-order valence-electron chi connectivity index (χ4n) is 2.53. The van der Waals surface area contributed by atoms with Crippen LogP contribution in [-0.4, -0.2) is 24.9 Å². The minimum Gasteiger partial charge on any atom is -0.350 e. The smallest absolute Gasteiger partial charge is 0.350 e. The van der Waals surface area contributed by atoms with Gasteiger partial charge in [-0.25, -0.2) is 0 Å². The normalized spacial score (nSPS) is 11.2. The summed E-state index contributed by atoms with van der Waals surface area (Å²) < 4.78 is 37.7. The molecule has 1 N–H and O–H groups in total. The number of rotatable bonds is 5. The molecular formula is C19H18ClF3N2O2. The van der Waals surface area contributed by atoms with Crippen LogP contribution < -0.4 is 10.2 Å². The van der Waals surface area contributed by atoms with Gasteiger partial charge in [0.2, 0.25) is 5.91 Å². The first kappa shape index (κ1) is 20.8. The van der Waals surface area contributed by atoms with Crippen LogP contribution in [0.1, 0.15) is 28.4 Å². The largest absolute Gasteiger partial charge is 0.416 e. The maximum Gasteiger partial charge on any atom is 0.416 e. The van der Waals surface area contributed by atoms with Crippen molar-refractivity contribution in [1.29, 1.82) is 0 Å². The Balaban J connectivity index is 2.01. The summed E-state index contributed by atoms with van der Waals surface area (Å²) in [6.07, 6.45) is -4.45. The van der Waals surface area contributed by atoms with Gasteiger partial charge in [0.05, 0.1) is 5.56 Å². The van der Waals surface area contributed by atoms with Crippen LogP contribution >= 0.6 is 11.6 Å². The maximum absolute atomic E-state index is 12.6. The highest BCUT2D eigenvalue weighted by atomic mass is 35.5. The molecule has 0 spiro atoms. The van der Waals surface area contributed by atoms with Crippen LogP contribution in [0.4, 0.5) is 18.9 Å². The summed E-state index contributed by atoms with van der Waals surface area (Å²) in [5.74, 6) is -0.737. The van der Waals surface area contributed by atoms with Gasteiger partial charge in [-0.1, -0.05) is 17.7 Å². The van der Waals surface area contributed by atoms with Gasteiger partial charge in [-0.05, 0) is 48.9 Å². The van der Waals surface area contributed by atoms with Crippen molar-refractivity contribution in [2.75, 3.05) is 18.0 Å². The van der Waals surface area contributed by atoms with E-state index in [2.05, 4.69) is 5.32 Å². The van der Waals surface area contributed by atoms with Crippen molar-refractivity contribution in [3.05, 3.63) is 64.2 Å². The van der Waals surface area contributed by atoms with E-state index in [0.717, 1.165) is 29.8 Å². The lowest BCUT2D eigenvalue weighted by Gasteiger charge is -2.23. The second-order valence-corrected chi connectivity index (χ2v) is 6.29. The monoisotopic (exact) mass is 398 g/mol. The summed E-state index contributed by atoms with van der Waals surface area (Å²) in [7, 11) is 0. The molecule has 8 heteroatoms. The van der Waals surface area contributed by atoms with Crippen LogP contribution in [0.5, 0.6) is 0 Å². The molecule has 0 radical (unpaired) electrons. The third-order valence-electron chi connectivity index (χ3n) is 4.01. The second-order valence-electron chi connectivity index (χ2n) is 5.89. The molecule has 0 fully saturated rings. The molecule has 2 amide bonds. The Labute approximate surface area is 159 Å². The summed E-state index contributed by atoms with van der Waals surface area (Å²) in [5, 5.41) is 3.12. The molecule has 144 valence electrons. The molecule has 0 aliphatic heterocycles. The molecule has 0 aliphatic carbocycles. The van der Waals surface area contributed by atoms with E-state index < -0.39 is 17.6 Å². The quantitative estimate of drug-likeness (QED) is 0.809. The highest BCUT2D eigenvalue weighted by Crippen LogP contribution is 2.29. The predicted octanol–water partition coefficient (Wildman–Crippen LogP) is 4.45. The number of nitrogens with zero attached hydrogens (tertiary/aromatic N) is 1. The Kier molecular flexibility index (Phi) is 6.49. The van der Waals surface area contributed by atoms with Crippen molar-refractivity contribution in [3.63, 3.8) is 0 Å². The van der Waals surface area contributed by atoms with Crippen molar-refractivity contribution in [2.45, 2.75) is 20.0 Å². The molecule has 4 nitrogen and oxygen atoms in total. The molecule has 0 bridgehead atoms. The van der Waals surface area contributed by atoms with Gasteiger partial charge in [0.15, 0.2) is 0 Å². The summed E-state index contributed by atoms with van der Waals surface area (Å²) in [5.41, 5.74) is 0.664. The number of anilines is 1. The molecule has 0 saturated carbocycles. The molecule has 0 saturated heterocycles. The van der Waals surface area contributed by atoms with E-state index >= 15 is 0 Å². The highest BCUT2D eigenvalue weighted by molar-refractivity contribution is 6.31. The minimum absolute atomic E-state index is 0.108. The molecule has 0 aromatic heterocycles. The summed E-state index contributed by atoms with van der Waals surface area (Å²) in [6.45, 7) is 3.51. The van der Waals surface area contributed by atoms with Crippen molar-refractivity contribution in [1.82, 2.24) is 5.32 Å². The van der Waals surface area contributed by atoms with Gasteiger partial charge < -0.3 is 10.2 Å². The maximum atomic E-state index is 12.6. The van der Waals surface area contributed by atoms with E-state index in [-0.39, 0.29) is 24.6 Å². The Morgan fingerprint density at radius 2 is 1.74 bits per heavy atom.